The number of benzene rings is 2. The zero-order valence-electron chi connectivity index (χ0n) is 10.8. The first-order valence-corrected chi connectivity index (χ1v) is 7.55. The molecule has 0 unspecified atom stereocenters. The van der Waals surface area contributed by atoms with Crippen LogP contribution in [0.4, 0.5) is 8.78 Å². The van der Waals surface area contributed by atoms with E-state index in [0.29, 0.717) is 11.6 Å². The lowest BCUT2D eigenvalue weighted by Gasteiger charge is -2.17. The second-order valence-electron chi connectivity index (χ2n) is 4.34. The van der Waals surface area contributed by atoms with E-state index in [9.17, 15) is 22.3 Å². The fourth-order valence-corrected chi connectivity index (χ4v) is 3.02. The van der Waals surface area contributed by atoms with Gasteiger partial charge in [0.2, 0.25) is 10.0 Å². The van der Waals surface area contributed by atoms with E-state index in [1.807, 2.05) is 0 Å². The standard InChI is InChI=1S/C14H13F2NO3S/c15-12-7-6-11(8-13(12)16)21(19,20)17-14(9-18)10-4-2-1-3-5-10/h1-8,14,17-18H,9H2/t14-/m1/s1. The van der Waals surface area contributed by atoms with Crippen molar-refractivity contribution in [3.8, 4) is 0 Å². The Hall–Kier alpha value is -1.83. The van der Waals surface area contributed by atoms with Gasteiger partial charge in [-0.2, -0.15) is 0 Å². The van der Waals surface area contributed by atoms with Crippen LogP contribution in [0.3, 0.4) is 0 Å². The number of sulfonamides is 1. The topological polar surface area (TPSA) is 66.4 Å². The minimum absolute atomic E-state index is 0.407. The molecule has 1 atom stereocenters. The van der Waals surface area contributed by atoms with Gasteiger partial charge in [-0.05, 0) is 23.8 Å². The molecule has 112 valence electrons. The second-order valence-corrected chi connectivity index (χ2v) is 6.06. The minimum Gasteiger partial charge on any atom is -0.394 e. The fraction of sp³-hybridized carbons (Fsp3) is 0.143. The highest BCUT2D eigenvalue weighted by Gasteiger charge is 2.22. The molecule has 0 radical (unpaired) electrons. The maximum Gasteiger partial charge on any atom is 0.241 e. The normalized spacial score (nSPS) is 13.1. The van der Waals surface area contributed by atoms with Gasteiger partial charge in [-0.25, -0.2) is 21.9 Å². The molecule has 0 heterocycles. The number of rotatable bonds is 5. The molecule has 2 rings (SSSR count). The van der Waals surface area contributed by atoms with Crippen LogP contribution < -0.4 is 4.72 Å². The van der Waals surface area contributed by atoms with Crippen molar-refractivity contribution < 1.29 is 22.3 Å². The fourth-order valence-electron chi connectivity index (χ4n) is 1.80. The highest BCUT2D eigenvalue weighted by Crippen LogP contribution is 2.18. The first-order valence-electron chi connectivity index (χ1n) is 6.07. The van der Waals surface area contributed by atoms with Crippen LogP contribution in [-0.4, -0.2) is 20.1 Å². The molecular formula is C14H13F2NO3S. The average molecular weight is 313 g/mol. The number of hydrogen-bond donors (Lipinski definition) is 2. The number of aliphatic hydroxyl groups excluding tert-OH is 1. The van der Waals surface area contributed by atoms with Gasteiger partial charge in [0.1, 0.15) is 0 Å². The monoisotopic (exact) mass is 313 g/mol. The Bertz CT molecular complexity index is 720. The van der Waals surface area contributed by atoms with E-state index in [0.717, 1.165) is 12.1 Å². The van der Waals surface area contributed by atoms with Gasteiger partial charge in [0.05, 0.1) is 17.5 Å². The molecule has 0 aliphatic carbocycles. The molecule has 0 fully saturated rings. The quantitative estimate of drug-likeness (QED) is 0.887. The molecule has 0 aliphatic heterocycles. The second kappa shape index (κ2) is 6.30. The third-order valence-electron chi connectivity index (χ3n) is 2.88. The summed E-state index contributed by atoms with van der Waals surface area (Å²) in [5.74, 6) is -2.38. The summed E-state index contributed by atoms with van der Waals surface area (Å²) in [5, 5.41) is 9.33. The molecule has 4 nitrogen and oxygen atoms in total. The van der Waals surface area contributed by atoms with Gasteiger partial charge < -0.3 is 5.11 Å². The molecule has 0 amide bonds. The van der Waals surface area contributed by atoms with Crippen molar-refractivity contribution in [1.82, 2.24) is 4.72 Å². The Balaban J connectivity index is 2.29. The van der Waals surface area contributed by atoms with Gasteiger partial charge in [-0.1, -0.05) is 30.3 Å². The van der Waals surface area contributed by atoms with Gasteiger partial charge in [-0.3, -0.25) is 0 Å². The van der Waals surface area contributed by atoms with Crippen LogP contribution in [0, 0.1) is 11.6 Å². The van der Waals surface area contributed by atoms with Crippen molar-refractivity contribution >= 4 is 10.0 Å². The SMILES string of the molecule is O=S(=O)(N[C@H](CO)c1ccccc1)c1ccc(F)c(F)c1. The molecule has 0 saturated heterocycles. The van der Waals surface area contributed by atoms with Crippen molar-refractivity contribution in [2.45, 2.75) is 10.9 Å². The summed E-state index contributed by atoms with van der Waals surface area (Å²) in [7, 11) is -4.08. The summed E-state index contributed by atoms with van der Waals surface area (Å²) >= 11 is 0. The van der Waals surface area contributed by atoms with Gasteiger partial charge in [0, 0.05) is 0 Å². The zero-order valence-corrected chi connectivity index (χ0v) is 11.6. The van der Waals surface area contributed by atoms with E-state index in [-0.39, 0.29) is 0 Å². The van der Waals surface area contributed by atoms with E-state index in [2.05, 4.69) is 4.72 Å². The van der Waals surface area contributed by atoms with Crippen molar-refractivity contribution in [3.05, 3.63) is 65.7 Å². The van der Waals surface area contributed by atoms with E-state index in [4.69, 9.17) is 0 Å². The lowest BCUT2D eigenvalue weighted by molar-refractivity contribution is 0.259. The van der Waals surface area contributed by atoms with E-state index >= 15 is 0 Å². The average Bonchev–Trinajstić information content (AvgIpc) is 2.48. The molecule has 2 N–H and O–H groups in total. The largest absolute Gasteiger partial charge is 0.394 e. The van der Waals surface area contributed by atoms with Crippen LogP contribution in [0.25, 0.3) is 0 Å². The van der Waals surface area contributed by atoms with E-state index in [1.165, 1.54) is 0 Å². The van der Waals surface area contributed by atoms with Crippen LogP contribution >= 0.6 is 0 Å². The van der Waals surface area contributed by atoms with Gasteiger partial charge in [-0.15, -0.1) is 0 Å². The van der Waals surface area contributed by atoms with E-state index in [1.54, 1.807) is 30.3 Å². The summed E-state index contributed by atoms with van der Waals surface area (Å²) < 4.78 is 52.5. The van der Waals surface area contributed by atoms with Gasteiger partial charge in [0.15, 0.2) is 11.6 Å². The van der Waals surface area contributed by atoms with Crippen LogP contribution in [-0.2, 0) is 10.0 Å². The predicted molar refractivity (Wildman–Crippen MR) is 72.9 cm³/mol. The molecule has 0 saturated carbocycles. The maximum atomic E-state index is 13.1. The summed E-state index contributed by atoms with van der Waals surface area (Å²) in [4.78, 5) is -0.407. The highest BCUT2D eigenvalue weighted by atomic mass is 32.2. The number of halogens is 2. The van der Waals surface area contributed by atoms with Crippen LogP contribution in [0.15, 0.2) is 53.4 Å². The molecule has 0 spiro atoms. The molecule has 7 heteroatoms. The Labute approximate surface area is 121 Å². The minimum atomic E-state index is -4.08. The van der Waals surface area contributed by atoms with Gasteiger partial charge >= 0.3 is 0 Å². The van der Waals surface area contributed by atoms with Gasteiger partial charge in [0.25, 0.3) is 0 Å². The Kier molecular flexibility index (Phi) is 4.66. The predicted octanol–water partition coefficient (Wildman–Crippen LogP) is 1.98. The molecule has 2 aromatic rings. The first-order chi connectivity index (χ1) is 9.94. The summed E-state index contributed by atoms with van der Waals surface area (Å²) in [5.41, 5.74) is 0.561. The first kappa shape index (κ1) is 15.6. The third-order valence-corrected chi connectivity index (χ3v) is 4.35. The molecular weight excluding hydrogens is 300 g/mol. The number of nitrogens with one attached hydrogen (secondary N) is 1. The van der Waals surface area contributed by atoms with Crippen LogP contribution in [0.1, 0.15) is 11.6 Å². The zero-order chi connectivity index (χ0) is 15.5. The molecule has 0 aliphatic rings. The van der Waals surface area contributed by atoms with Crippen molar-refractivity contribution in [2.75, 3.05) is 6.61 Å². The maximum absolute atomic E-state index is 13.1. The summed E-state index contributed by atoms with van der Waals surface area (Å²) in [6.07, 6.45) is 0. The Morgan fingerprint density at radius 1 is 1.05 bits per heavy atom. The van der Waals surface area contributed by atoms with Crippen molar-refractivity contribution in [1.29, 1.82) is 0 Å². The van der Waals surface area contributed by atoms with Crippen LogP contribution in [0.5, 0.6) is 0 Å². The highest BCUT2D eigenvalue weighted by molar-refractivity contribution is 7.89. The lowest BCUT2D eigenvalue weighted by atomic mass is 10.1. The Morgan fingerprint density at radius 2 is 1.71 bits per heavy atom. The molecule has 21 heavy (non-hydrogen) atoms. The molecule has 0 aromatic heterocycles. The number of aliphatic hydroxyl groups is 1. The molecule has 0 bridgehead atoms. The smallest absolute Gasteiger partial charge is 0.241 e. The summed E-state index contributed by atoms with van der Waals surface area (Å²) in [6.45, 7) is -0.465. The van der Waals surface area contributed by atoms with E-state index < -0.39 is 39.2 Å². The molecule has 2 aromatic carbocycles. The third kappa shape index (κ3) is 3.63. The number of hydrogen-bond acceptors (Lipinski definition) is 3. The lowest BCUT2D eigenvalue weighted by Crippen LogP contribution is -2.31. The van der Waals surface area contributed by atoms with Crippen LogP contribution in [0.2, 0.25) is 0 Å². The Morgan fingerprint density at radius 3 is 2.29 bits per heavy atom. The summed E-state index contributed by atoms with van der Waals surface area (Å²) in [6, 6.07) is 9.86. The van der Waals surface area contributed by atoms with Crippen molar-refractivity contribution in [2.24, 2.45) is 0 Å². The van der Waals surface area contributed by atoms with Crippen molar-refractivity contribution in [3.63, 3.8) is 0 Å².